The van der Waals surface area contributed by atoms with Crippen molar-refractivity contribution in [3.8, 4) is 0 Å². The average Bonchev–Trinajstić information content (AvgIpc) is 3.03. The van der Waals surface area contributed by atoms with Crippen molar-refractivity contribution in [2.45, 2.75) is 32.9 Å². The fourth-order valence-corrected chi connectivity index (χ4v) is 3.29. The number of amides is 1. The molecule has 2 aromatic heterocycles. The molecule has 26 heavy (non-hydrogen) atoms. The van der Waals surface area contributed by atoms with Gasteiger partial charge in [-0.3, -0.25) is 9.69 Å². The number of benzene rings is 1. The highest BCUT2D eigenvalue weighted by Gasteiger charge is 2.22. The maximum Gasteiger partial charge on any atom is 0.241 e. The van der Waals surface area contributed by atoms with E-state index in [2.05, 4.69) is 38.1 Å². The van der Waals surface area contributed by atoms with Gasteiger partial charge in [-0.1, -0.05) is 25.1 Å². The van der Waals surface area contributed by atoms with E-state index in [0.29, 0.717) is 6.54 Å². The van der Waals surface area contributed by atoms with Crippen LogP contribution in [0, 0.1) is 0 Å². The van der Waals surface area contributed by atoms with Crippen molar-refractivity contribution in [2.24, 2.45) is 0 Å². The van der Waals surface area contributed by atoms with Crippen molar-refractivity contribution >= 4 is 33.2 Å². The molecule has 1 aromatic carbocycles. The van der Waals surface area contributed by atoms with E-state index >= 15 is 0 Å². The lowest BCUT2D eigenvalue weighted by Gasteiger charge is -2.27. The predicted molar refractivity (Wildman–Crippen MR) is 108 cm³/mol. The van der Waals surface area contributed by atoms with Crippen molar-refractivity contribution < 1.29 is 4.79 Å². The van der Waals surface area contributed by atoms with E-state index in [4.69, 9.17) is 0 Å². The number of fused-ring (bicyclic) bond motifs is 1. The lowest BCUT2D eigenvalue weighted by molar-refractivity contribution is -0.121. The minimum Gasteiger partial charge on any atom is -0.325 e. The summed E-state index contributed by atoms with van der Waals surface area (Å²) in [6.07, 6.45) is 4.98. The van der Waals surface area contributed by atoms with E-state index < -0.39 is 0 Å². The third-order valence-electron chi connectivity index (χ3n) is 4.31. The van der Waals surface area contributed by atoms with Crippen molar-refractivity contribution in [1.29, 1.82) is 0 Å². The van der Waals surface area contributed by atoms with Gasteiger partial charge >= 0.3 is 0 Å². The molecule has 0 aliphatic rings. The summed E-state index contributed by atoms with van der Waals surface area (Å²) in [5.41, 5.74) is 2.68. The lowest BCUT2D eigenvalue weighted by atomic mass is 10.2. The Morgan fingerprint density at radius 3 is 2.73 bits per heavy atom. The Morgan fingerprint density at radius 1 is 1.23 bits per heavy atom. The summed E-state index contributed by atoms with van der Waals surface area (Å²) in [5, 5.41) is 2.99. The molecule has 1 amide bonds. The minimum absolute atomic E-state index is 0.00356. The molecule has 1 N–H and O–H groups in total. The highest BCUT2D eigenvalue weighted by atomic mass is 79.9. The first kappa shape index (κ1) is 18.6. The number of hydrogen-bond donors (Lipinski definition) is 1. The first-order valence-electron chi connectivity index (χ1n) is 8.80. The molecule has 3 rings (SSSR count). The maximum absolute atomic E-state index is 12.7. The molecule has 1 atom stereocenters. The van der Waals surface area contributed by atoms with Gasteiger partial charge in [0.15, 0.2) is 0 Å². The maximum atomic E-state index is 12.7. The third-order valence-corrected chi connectivity index (χ3v) is 4.78. The van der Waals surface area contributed by atoms with Crippen molar-refractivity contribution in [2.75, 3.05) is 11.9 Å². The van der Waals surface area contributed by atoms with Crippen LogP contribution in [0.1, 0.15) is 26.0 Å². The first-order valence-corrected chi connectivity index (χ1v) is 9.59. The highest BCUT2D eigenvalue weighted by molar-refractivity contribution is 9.10. The summed E-state index contributed by atoms with van der Waals surface area (Å²) in [4.78, 5) is 19.5. The second-order valence-corrected chi connectivity index (χ2v) is 7.26. The Hall–Kier alpha value is -2.18. The second-order valence-electron chi connectivity index (χ2n) is 6.35. The second kappa shape index (κ2) is 8.47. The number of halogens is 1. The first-order chi connectivity index (χ1) is 12.6. The van der Waals surface area contributed by atoms with Crippen LogP contribution in [0.2, 0.25) is 0 Å². The molecule has 0 fully saturated rings. The third kappa shape index (κ3) is 4.51. The zero-order valence-electron chi connectivity index (χ0n) is 15.0. The Morgan fingerprint density at radius 2 is 2.00 bits per heavy atom. The summed E-state index contributed by atoms with van der Waals surface area (Å²) < 4.78 is 3.01. The molecule has 6 heteroatoms. The highest BCUT2D eigenvalue weighted by Crippen LogP contribution is 2.15. The van der Waals surface area contributed by atoms with Gasteiger partial charge in [-0.25, -0.2) is 4.98 Å². The molecule has 0 saturated carbocycles. The van der Waals surface area contributed by atoms with Gasteiger partial charge in [0.25, 0.3) is 0 Å². The number of carbonyl (C=O) groups excluding carboxylic acids is 1. The zero-order valence-corrected chi connectivity index (χ0v) is 16.6. The molecule has 136 valence electrons. The quantitative estimate of drug-likeness (QED) is 0.625. The van der Waals surface area contributed by atoms with Crippen LogP contribution < -0.4 is 5.32 Å². The number of para-hydroxylation sites is 1. The number of aromatic nitrogens is 2. The Bertz CT molecular complexity index is 878. The summed E-state index contributed by atoms with van der Waals surface area (Å²) in [7, 11) is 0. The summed E-state index contributed by atoms with van der Waals surface area (Å²) in [6, 6.07) is 13.3. The number of nitrogens with zero attached hydrogens (tertiary/aromatic N) is 3. The topological polar surface area (TPSA) is 49.6 Å². The van der Waals surface area contributed by atoms with Gasteiger partial charge in [-0.05, 0) is 60.1 Å². The van der Waals surface area contributed by atoms with Crippen LogP contribution in [0.5, 0.6) is 0 Å². The van der Waals surface area contributed by atoms with Crippen LogP contribution in [0.4, 0.5) is 5.69 Å². The molecule has 0 bridgehead atoms. The molecule has 1 unspecified atom stereocenters. The largest absolute Gasteiger partial charge is 0.325 e. The predicted octanol–water partition coefficient (Wildman–Crippen LogP) is 4.34. The van der Waals surface area contributed by atoms with E-state index in [0.717, 1.165) is 34.5 Å². The number of carbonyl (C=O) groups is 1. The SMILES string of the molecule is CCCN(Cc1cn2cc(Br)ccc2n1)C(C)C(=O)Nc1ccccc1. The van der Waals surface area contributed by atoms with Crippen molar-refractivity contribution in [3.63, 3.8) is 0 Å². The van der Waals surface area contributed by atoms with Gasteiger partial charge in [0.1, 0.15) is 5.65 Å². The Labute approximate surface area is 162 Å². The smallest absolute Gasteiger partial charge is 0.241 e. The average molecular weight is 415 g/mol. The van der Waals surface area contributed by atoms with Gasteiger partial charge in [0.05, 0.1) is 11.7 Å². The molecule has 0 radical (unpaired) electrons. The summed E-state index contributed by atoms with van der Waals surface area (Å²) >= 11 is 3.48. The van der Waals surface area contributed by atoms with Crippen LogP contribution in [0.25, 0.3) is 5.65 Å². The number of rotatable bonds is 7. The fourth-order valence-electron chi connectivity index (χ4n) is 2.93. The number of pyridine rings is 1. The molecular formula is C20H23BrN4O. The van der Waals surface area contributed by atoms with E-state index in [1.807, 2.05) is 66.2 Å². The molecule has 0 aliphatic carbocycles. The van der Waals surface area contributed by atoms with Crippen molar-refractivity contribution in [1.82, 2.24) is 14.3 Å². The van der Waals surface area contributed by atoms with Crippen LogP contribution >= 0.6 is 15.9 Å². The number of imidazole rings is 1. The van der Waals surface area contributed by atoms with Crippen LogP contribution in [0.15, 0.2) is 59.3 Å². The van der Waals surface area contributed by atoms with Crippen LogP contribution in [-0.4, -0.2) is 32.8 Å². The molecule has 0 saturated heterocycles. The van der Waals surface area contributed by atoms with Crippen molar-refractivity contribution in [3.05, 3.63) is 65.0 Å². The van der Waals surface area contributed by atoms with Gasteiger partial charge in [-0.2, -0.15) is 0 Å². The molecule has 2 heterocycles. The monoisotopic (exact) mass is 414 g/mol. The molecule has 0 spiro atoms. The Balaban J connectivity index is 1.73. The van der Waals surface area contributed by atoms with E-state index in [-0.39, 0.29) is 11.9 Å². The molecular weight excluding hydrogens is 392 g/mol. The van der Waals surface area contributed by atoms with Gasteiger partial charge < -0.3 is 9.72 Å². The zero-order chi connectivity index (χ0) is 18.5. The van der Waals surface area contributed by atoms with E-state index in [9.17, 15) is 4.79 Å². The van der Waals surface area contributed by atoms with Gasteiger partial charge in [0.2, 0.25) is 5.91 Å². The minimum atomic E-state index is -0.244. The van der Waals surface area contributed by atoms with Gasteiger partial charge in [-0.15, -0.1) is 0 Å². The van der Waals surface area contributed by atoms with Crippen LogP contribution in [-0.2, 0) is 11.3 Å². The molecule has 5 nitrogen and oxygen atoms in total. The molecule has 3 aromatic rings. The normalized spacial score (nSPS) is 12.5. The van der Waals surface area contributed by atoms with E-state index in [1.165, 1.54) is 0 Å². The summed E-state index contributed by atoms with van der Waals surface area (Å²) in [6.45, 7) is 5.54. The summed E-state index contributed by atoms with van der Waals surface area (Å²) in [5.74, 6) is -0.00356. The fraction of sp³-hybridized carbons (Fsp3) is 0.300. The Kier molecular flexibility index (Phi) is 6.06. The number of anilines is 1. The van der Waals surface area contributed by atoms with E-state index in [1.54, 1.807) is 0 Å². The standard InChI is InChI=1S/C20H23BrN4O/c1-3-11-24(15(2)20(26)23-17-7-5-4-6-8-17)13-18-14-25-12-16(21)9-10-19(25)22-18/h4-10,12,14-15H,3,11,13H2,1-2H3,(H,23,26). The number of hydrogen-bond acceptors (Lipinski definition) is 3. The van der Waals surface area contributed by atoms with Gasteiger partial charge in [0, 0.05) is 29.1 Å². The number of nitrogens with one attached hydrogen (secondary N) is 1. The molecule has 0 aliphatic heterocycles. The van der Waals surface area contributed by atoms with Crippen LogP contribution in [0.3, 0.4) is 0 Å². The lowest BCUT2D eigenvalue weighted by Crippen LogP contribution is -2.42.